The maximum absolute atomic E-state index is 12.2. The summed E-state index contributed by atoms with van der Waals surface area (Å²) in [6.45, 7) is 1.57. The molecule has 0 fully saturated rings. The molecule has 1 heterocycles. The number of esters is 1. The van der Waals surface area contributed by atoms with Crippen molar-refractivity contribution in [3.8, 4) is 0 Å². The molecular weight excluding hydrogens is 199 g/mol. The number of H-pyrrole nitrogens is 1. The molecule has 0 aliphatic rings. The maximum atomic E-state index is 12.2. The van der Waals surface area contributed by atoms with Gasteiger partial charge in [-0.15, -0.1) is 0 Å². The van der Waals surface area contributed by atoms with E-state index in [-0.39, 0.29) is 6.61 Å². The quantitative estimate of drug-likeness (QED) is 0.755. The molecule has 0 spiro atoms. The van der Waals surface area contributed by atoms with Crippen LogP contribution in [-0.2, 0) is 10.9 Å². The first kappa shape index (κ1) is 10.6. The molecule has 0 aromatic carbocycles. The third-order valence-corrected chi connectivity index (χ3v) is 1.53. The van der Waals surface area contributed by atoms with Crippen molar-refractivity contribution in [1.82, 2.24) is 4.98 Å². The van der Waals surface area contributed by atoms with Gasteiger partial charge in [-0.25, -0.2) is 4.79 Å². The summed E-state index contributed by atoms with van der Waals surface area (Å²) < 4.78 is 41.2. The number of aromatic nitrogens is 1. The minimum absolute atomic E-state index is 0.0430. The molecule has 0 bridgehead atoms. The first-order chi connectivity index (χ1) is 6.46. The molecule has 0 aliphatic carbocycles. The fourth-order valence-electron chi connectivity index (χ4n) is 0.983. The second-order valence-corrected chi connectivity index (χ2v) is 2.48. The molecule has 0 unspecified atom stereocenters. The number of halogens is 3. The van der Waals surface area contributed by atoms with Crippen LogP contribution in [0.15, 0.2) is 12.3 Å². The molecule has 0 atom stereocenters. The van der Waals surface area contributed by atoms with E-state index in [4.69, 9.17) is 0 Å². The summed E-state index contributed by atoms with van der Waals surface area (Å²) in [6.07, 6.45) is -3.51. The molecule has 0 aliphatic heterocycles. The van der Waals surface area contributed by atoms with Crippen molar-refractivity contribution in [2.45, 2.75) is 13.1 Å². The van der Waals surface area contributed by atoms with Crippen molar-refractivity contribution in [2.24, 2.45) is 0 Å². The fraction of sp³-hybridized carbons (Fsp3) is 0.375. The van der Waals surface area contributed by atoms with E-state index in [2.05, 4.69) is 4.74 Å². The van der Waals surface area contributed by atoms with Gasteiger partial charge >= 0.3 is 12.1 Å². The van der Waals surface area contributed by atoms with Crippen LogP contribution in [0.3, 0.4) is 0 Å². The maximum Gasteiger partial charge on any atom is 0.432 e. The molecule has 0 radical (unpaired) electrons. The highest BCUT2D eigenvalue weighted by Gasteiger charge is 2.37. The molecule has 1 aromatic heterocycles. The Hall–Kier alpha value is -1.46. The van der Waals surface area contributed by atoms with Gasteiger partial charge in [-0.05, 0) is 13.0 Å². The van der Waals surface area contributed by atoms with E-state index in [1.54, 1.807) is 0 Å². The fourth-order valence-corrected chi connectivity index (χ4v) is 0.983. The first-order valence-electron chi connectivity index (χ1n) is 3.88. The Kier molecular flexibility index (Phi) is 2.83. The summed E-state index contributed by atoms with van der Waals surface area (Å²) in [5.74, 6) is -0.971. The van der Waals surface area contributed by atoms with Gasteiger partial charge in [-0.3, -0.25) is 0 Å². The van der Waals surface area contributed by atoms with Crippen LogP contribution < -0.4 is 0 Å². The standard InChI is InChI=1S/C8H8F3NO2/c1-2-14-7(13)5-3-4-12-6(5)8(9,10)11/h3-4,12H,2H2,1H3. The number of hydrogen-bond acceptors (Lipinski definition) is 2. The summed E-state index contributed by atoms with van der Waals surface area (Å²) in [7, 11) is 0. The third kappa shape index (κ3) is 2.07. The van der Waals surface area contributed by atoms with E-state index in [1.807, 2.05) is 4.98 Å². The summed E-state index contributed by atoms with van der Waals surface area (Å²) >= 11 is 0. The first-order valence-corrected chi connectivity index (χ1v) is 3.88. The average Bonchev–Trinajstić information content (AvgIpc) is 2.50. The molecule has 78 valence electrons. The van der Waals surface area contributed by atoms with Gasteiger partial charge in [-0.1, -0.05) is 0 Å². The lowest BCUT2D eigenvalue weighted by atomic mass is 10.2. The normalized spacial score (nSPS) is 11.4. The average molecular weight is 207 g/mol. The SMILES string of the molecule is CCOC(=O)c1cc[nH]c1C(F)(F)F. The minimum atomic E-state index is -4.56. The van der Waals surface area contributed by atoms with Gasteiger partial charge in [0.2, 0.25) is 0 Å². The lowest BCUT2D eigenvalue weighted by molar-refractivity contribution is -0.141. The monoisotopic (exact) mass is 207 g/mol. The predicted molar refractivity (Wildman–Crippen MR) is 41.8 cm³/mol. The van der Waals surface area contributed by atoms with Crippen molar-refractivity contribution < 1.29 is 22.7 Å². The van der Waals surface area contributed by atoms with Crippen LogP contribution in [-0.4, -0.2) is 17.6 Å². The lowest BCUT2D eigenvalue weighted by Gasteiger charge is -2.06. The topological polar surface area (TPSA) is 42.1 Å². The van der Waals surface area contributed by atoms with Gasteiger partial charge < -0.3 is 9.72 Å². The zero-order chi connectivity index (χ0) is 10.8. The van der Waals surface area contributed by atoms with E-state index in [0.717, 1.165) is 12.3 Å². The number of nitrogens with one attached hydrogen (secondary N) is 1. The van der Waals surface area contributed by atoms with Crippen LogP contribution >= 0.6 is 0 Å². The lowest BCUT2D eigenvalue weighted by Crippen LogP contribution is -2.14. The highest BCUT2D eigenvalue weighted by atomic mass is 19.4. The Labute approximate surface area is 77.9 Å². The third-order valence-electron chi connectivity index (χ3n) is 1.53. The van der Waals surface area contributed by atoms with Gasteiger partial charge in [0.05, 0.1) is 12.2 Å². The second kappa shape index (κ2) is 3.73. The number of carbonyl (C=O) groups is 1. The summed E-state index contributed by atoms with van der Waals surface area (Å²) in [5, 5.41) is 0. The number of aromatic amines is 1. The molecule has 0 amide bonds. The Morgan fingerprint density at radius 3 is 2.71 bits per heavy atom. The van der Waals surface area contributed by atoms with Crippen LogP contribution in [0.2, 0.25) is 0 Å². The van der Waals surface area contributed by atoms with Crippen LogP contribution in [0.1, 0.15) is 23.0 Å². The summed E-state index contributed by atoms with van der Waals surface area (Å²) in [6, 6.07) is 1.04. The molecule has 6 heteroatoms. The number of alkyl halides is 3. The van der Waals surface area contributed by atoms with E-state index in [1.165, 1.54) is 6.92 Å². The highest BCUT2D eigenvalue weighted by Crippen LogP contribution is 2.30. The van der Waals surface area contributed by atoms with Gasteiger partial charge in [0.15, 0.2) is 0 Å². The molecule has 0 saturated carbocycles. The van der Waals surface area contributed by atoms with Crippen LogP contribution in [0.4, 0.5) is 13.2 Å². The van der Waals surface area contributed by atoms with E-state index < -0.39 is 23.4 Å². The van der Waals surface area contributed by atoms with Gasteiger partial charge in [0.25, 0.3) is 0 Å². The predicted octanol–water partition coefficient (Wildman–Crippen LogP) is 2.21. The van der Waals surface area contributed by atoms with Gasteiger partial charge in [-0.2, -0.15) is 13.2 Å². The Bertz CT molecular complexity index is 330. The Balaban J connectivity index is 2.99. The Morgan fingerprint density at radius 1 is 1.57 bits per heavy atom. The van der Waals surface area contributed by atoms with E-state index >= 15 is 0 Å². The summed E-state index contributed by atoms with van der Waals surface area (Å²) in [5.41, 5.74) is -1.56. The van der Waals surface area contributed by atoms with Crippen LogP contribution in [0, 0.1) is 0 Å². The van der Waals surface area contributed by atoms with E-state index in [9.17, 15) is 18.0 Å². The highest BCUT2D eigenvalue weighted by molar-refractivity contribution is 5.90. The number of rotatable bonds is 2. The number of carbonyl (C=O) groups excluding carboxylic acids is 1. The Morgan fingerprint density at radius 2 is 2.21 bits per heavy atom. The molecule has 3 nitrogen and oxygen atoms in total. The van der Waals surface area contributed by atoms with Gasteiger partial charge in [0, 0.05) is 6.20 Å². The van der Waals surface area contributed by atoms with Crippen molar-refractivity contribution in [1.29, 1.82) is 0 Å². The molecule has 14 heavy (non-hydrogen) atoms. The molecule has 1 rings (SSSR count). The van der Waals surface area contributed by atoms with Crippen molar-refractivity contribution >= 4 is 5.97 Å². The van der Waals surface area contributed by atoms with Crippen LogP contribution in [0.25, 0.3) is 0 Å². The zero-order valence-corrected chi connectivity index (χ0v) is 7.31. The molecule has 1 aromatic rings. The van der Waals surface area contributed by atoms with E-state index in [0.29, 0.717) is 0 Å². The van der Waals surface area contributed by atoms with Gasteiger partial charge in [0.1, 0.15) is 5.69 Å². The smallest absolute Gasteiger partial charge is 0.432 e. The molecular formula is C8H8F3NO2. The number of hydrogen-bond donors (Lipinski definition) is 1. The van der Waals surface area contributed by atoms with Crippen molar-refractivity contribution in [3.05, 3.63) is 23.5 Å². The minimum Gasteiger partial charge on any atom is -0.462 e. The molecule has 1 N–H and O–H groups in total. The molecule has 0 saturated heterocycles. The number of ether oxygens (including phenoxy) is 1. The van der Waals surface area contributed by atoms with Crippen LogP contribution in [0.5, 0.6) is 0 Å². The summed E-state index contributed by atoms with van der Waals surface area (Å²) in [4.78, 5) is 13.0. The second-order valence-electron chi connectivity index (χ2n) is 2.48. The zero-order valence-electron chi connectivity index (χ0n) is 7.31. The van der Waals surface area contributed by atoms with Crippen molar-refractivity contribution in [3.63, 3.8) is 0 Å². The van der Waals surface area contributed by atoms with Crippen molar-refractivity contribution in [2.75, 3.05) is 6.61 Å². The largest absolute Gasteiger partial charge is 0.462 e.